The van der Waals surface area contributed by atoms with Gasteiger partial charge < -0.3 is 29.4 Å². The van der Waals surface area contributed by atoms with Crippen molar-refractivity contribution in [3.63, 3.8) is 0 Å². The number of nitrogens with zero attached hydrogens (tertiary/aromatic N) is 2. The van der Waals surface area contributed by atoms with E-state index >= 15 is 0 Å². The maximum Gasteiger partial charge on any atom is 0.242 e. The molecule has 1 aromatic rings. The summed E-state index contributed by atoms with van der Waals surface area (Å²) in [6.45, 7) is 7.02. The van der Waals surface area contributed by atoms with Gasteiger partial charge in [0, 0.05) is 32.7 Å². The van der Waals surface area contributed by atoms with Gasteiger partial charge in [-0.25, -0.2) is 4.99 Å². The van der Waals surface area contributed by atoms with Crippen molar-refractivity contribution in [2.24, 2.45) is 10.9 Å². The first-order valence-corrected chi connectivity index (χ1v) is 9.12. The molecule has 0 saturated carbocycles. The standard InChI is InChI=1S/C18H30N4O4/c1-3-19-18(21-12-17(23)20-11-16-5-4-8-26-16)22-7-6-15(13-22)14-25-10-9-24-2/h4-5,8,15H,3,6-7,9-14H2,1-2H3,(H,19,21)(H,20,23). The minimum atomic E-state index is -0.129. The fourth-order valence-corrected chi connectivity index (χ4v) is 2.78. The average Bonchev–Trinajstić information content (AvgIpc) is 3.32. The average molecular weight is 366 g/mol. The lowest BCUT2D eigenvalue weighted by Gasteiger charge is -2.21. The van der Waals surface area contributed by atoms with Crippen LogP contribution < -0.4 is 10.6 Å². The summed E-state index contributed by atoms with van der Waals surface area (Å²) < 4.78 is 15.8. The number of guanidine groups is 1. The molecular formula is C18H30N4O4. The van der Waals surface area contributed by atoms with Crippen LogP contribution in [0, 0.1) is 5.92 Å². The number of carbonyl (C=O) groups excluding carboxylic acids is 1. The first-order chi connectivity index (χ1) is 12.7. The highest BCUT2D eigenvalue weighted by molar-refractivity contribution is 5.85. The van der Waals surface area contributed by atoms with E-state index in [1.54, 1.807) is 19.4 Å². The van der Waals surface area contributed by atoms with Crippen LogP contribution in [0.4, 0.5) is 0 Å². The summed E-state index contributed by atoms with van der Waals surface area (Å²) in [6.07, 6.45) is 2.65. The van der Waals surface area contributed by atoms with Crippen molar-refractivity contribution >= 4 is 11.9 Å². The quantitative estimate of drug-likeness (QED) is 0.363. The van der Waals surface area contributed by atoms with Gasteiger partial charge in [-0.05, 0) is 25.5 Å². The largest absolute Gasteiger partial charge is 0.467 e. The second kappa shape index (κ2) is 11.5. The number of furan rings is 1. The number of hydrogen-bond acceptors (Lipinski definition) is 5. The molecule has 8 heteroatoms. The molecule has 146 valence electrons. The lowest BCUT2D eigenvalue weighted by Crippen LogP contribution is -2.41. The summed E-state index contributed by atoms with van der Waals surface area (Å²) in [5.74, 6) is 1.85. The van der Waals surface area contributed by atoms with Crippen LogP contribution in [-0.2, 0) is 20.8 Å². The van der Waals surface area contributed by atoms with Crippen molar-refractivity contribution in [3.8, 4) is 0 Å². The number of likely N-dealkylation sites (tertiary alicyclic amines) is 1. The van der Waals surface area contributed by atoms with E-state index < -0.39 is 0 Å². The highest BCUT2D eigenvalue weighted by Gasteiger charge is 2.25. The Bertz CT molecular complexity index is 547. The monoisotopic (exact) mass is 366 g/mol. The number of rotatable bonds is 10. The van der Waals surface area contributed by atoms with Crippen LogP contribution in [0.2, 0.25) is 0 Å². The summed E-state index contributed by atoms with van der Waals surface area (Å²) >= 11 is 0. The van der Waals surface area contributed by atoms with Crippen molar-refractivity contribution in [2.45, 2.75) is 19.9 Å². The maximum atomic E-state index is 12.0. The van der Waals surface area contributed by atoms with Crippen LogP contribution in [0.5, 0.6) is 0 Å². The number of amides is 1. The molecule has 2 rings (SSSR count). The molecule has 8 nitrogen and oxygen atoms in total. The van der Waals surface area contributed by atoms with E-state index in [0.717, 1.165) is 44.4 Å². The highest BCUT2D eigenvalue weighted by atomic mass is 16.5. The Morgan fingerprint density at radius 2 is 2.31 bits per heavy atom. The molecule has 1 aromatic heterocycles. The van der Waals surface area contributed by atoms with Gasteiger partial charge in [-0.1, -0.05) is 0 Å². The molecule has 0 bridgehead atoms. The lowest BCUT2D eigenvalue weighted by molar-refractivity contribution is -0.119. The SMILES string of the molecule is CCNC(=NCC(=O)NCc1ccco1)N1CCC(COCCOC)C1. The smallest absolute Gasteiger partial charge is 0.242 e. The number of nitrogens with one attached hydrogen (secondary N) is 2. The van der Waals surface area contributed by atoms with Crippen molar-refractivity contribution in [2.75, 3.05) is 53.1 Å². The summed E-state index contributed by atoms with van der Waals surface area (Å²) in [5.41, 5.74) is 0. The van der Waals surface area contributed by atoms with Gasteiger partial charge in [0.05, 0.1) is 32.6 Å². The zero-order valence-electron chi connectivity index (χ0n) is 15.7. The number of hydrogen-bond donors (Lipinski definition) is 2. The normalized spacial score (nSPS) is 17.5. The molecule has 0 aromatic carbocycles. The minimum Gasteiger partial charge on any atom is -0.467 e. The number of carbonyl (C=O) groups is 1. The molecule has 1 unspecified atom stereocenters. The predicted octanol–water partition coefficient (Wildman–Crippen LogP) is 0.846. The summed E-state index contributed by atoms with van der Waals surface area (Å²) in [5, 5.41) is 6.07. The molecule has 1 aliphatic rings. The topological polar surface area (TPSA) is 88.3 Å². The van der Waals surface area contributed by atoms with Crippen LogP contribution in [0.1, 0.15) is 19.1 Å². The van der Waals surface area contributed by atoms with E-state index in [2.05, 4.69) is 20.5 Å². The summed E-state index contributed by atoms with van der Waals surface area (Å²) in [4.78, 5) is 18.6. The second-order valence-electron chi connectivity index (χ2n) is 6.19. The third-order valence-corrected chi connectivity index (χ3v) is 4.12. The van der Waals surface area contributed by atoms with Gasteiger partial charge in [-0.3, -0.25) is 4.79 Å². The first-order valence-electron chi connectivity index (χ1n) is 9.12. The van der Waals surface area contributed by atoms with E-state index in [9.17, 15) is 4.79 Å². The molecule has 1 aliphatic heterocycles. The van der Waals surface area contributed by atoms with Crippen LogP contribution in [-0.4, -0.2) is 69.9 Å². The van der Waals surface area contributed by atoms with E-state index in [1.165, 1.54) is 0 Å². The second-order valence-corrected chi connectivity index (χ2v) is 6.19. The van der Waals surface area contributed by atoms with Gasteiger partial charge in [0.15, 0.2) is 5.96 Å². The molecule has 1 atom stereocenters. The zero-order valence-corrected chi connectivity index (χ0v) is 15.7. The van der Waals surface area contributed by atoms with Crippen LogP contribution in [0.3, 0.4) is 0 Å². The van der Waals surface area contributed by atoms with E-state index in [0.29, 0.717) is 25.7 Å². The van der Waals surface area contributed by atoms with Gasteiger partial charge in [-0.2, -0.15) is 0 Å². The molecule has 2 heterocycles. The van der Waals surface area contributed by atoms with Crippen molar-refractivity contribution in [1.82, 2.24) is 15.5 Å². The fourth-order valence-electron chi connectivity index (χ4n) is 2.78. The minimum absolute atomic E-state index is 0.0918. The van der Waals surface area contributed by atoms with Gasteiger partial charge in [-0.15, -0.1) is 0 Å². The van der Waals surface area contributed by atoms with Crippen molar-refractivity contribution in [1.29, 1.82) is 0 Å². The number of aliphatic imine (C=N–C) groups is 1. The van der Waals surface area contributed by atoms with Gasteiger partial charge >= 0.3 is 0 Å². The molecule has 2 N–H and O–H groups in total. The van der Waals surface area contributed by atoms with Crippen LogP contribution >= 0.6 is 0 Å². The third-order valence-electron chi connectivity index (χ3n) is 4.12. The van der Waals surface area contributed by atoms with Crippen molar-refractivity contribution in [3.05, 3.63) is 24.2 Å². The van der Waals surface area contributed by atoms with Crippen LogP contribution in [0.15, 0.2) is 27.8 Å². The van der Waals surface area contributed by atoms with Gasteiger partial charge in [0.1, 0.15) is 12.3 Å². The van der Waals surface area contributed by atoms with E-state index in [4.69, 9.17) is 13.9 Å². The predicted molar refractivity (Wildman–Crippen MR) is 98.9 cm³/mol. The molecule has 0 radical (unpaired) electrons. The lowest BCUT2D eigenvalue weighted by atomic mass is 10.1. The maximum absolute atomic E-state index is 12.0. The Balaban J connectivity index is 1.75. The zero-order chi connectivity index (χ0) is 18.6. The number of methoxy groups -OCH3 is 1. The molecular weight excluding hydrogens is 336 g/mol. The Morgan fingerprint density at radius 1 is 1.42 bits per heavy atom. The Hall–Kier alpha value is -2.06. The van der Waals surface area contributed by atoms with Crippen molar-refractivity contribution < 1.29 is 18.7 Å². The first kappa shape index (κ1) is 20.3. The van der Waals surface area contributed by atoms with Crippen LogP contribution in [0.25, 0.3) is 0 Å². The van der Waals surface area contributed by atoms with Gasteiger partial charge in [0.2, 0.25) is 5.91 Å². The molecule has 0 spiro atoms. The molecule has 26 heavy (non-hydrogen) atoms. The molecule has 1 amide bonds. The molecule has 1 saturated heterocycles. The number of ether oxygens (including phenoxy) is 2. The Kier molecular flexibility index (Phi) is 8.99. The Labute approximate surface area is 154 Å². The van der Waals surface area contributed by atoms with E-state index in [-0.39, 0.29) is 12.5 Å². The summed E-state index contributed by atoms with van der Waals surface area (Å²) in [6, 6.07) is 3.62. The molecule has 0 aliphatic carbocycles. The third kappa shape index (κ3) is 7.05. The summed E-state index contributed by atoms with van der Waals surface area (Å²) in [7, 11) is 1.67. The fraction of sp³-hybridized carbons (Fsp3) is 0.667. The molecule has 1 fully saturated rings. The van der Waals surface area contributed by atoms with E-state index in [1.807, 2.05) is 13.0 Å². The highest BCUT2D eigenvalue weighted by Crippen LogP contribution is 2.16. The Morgan fingerprint density at radius 3 is 3.04 bits per heavy atom. The van der Waals surface area contributed by atoms with Gasteiger partial charge in [0.25, 0.3) is 0 Å².